The Morgan fingerprint density at radius 3 is 2.47 bits per heavy atom. The molecule has 2 fully saturated rings. The highest BCUT2D eigenvalue weighted by Gasteiger charge is 2.28. The van der Waals surface area contributed by atoms with E-state index in [2.05, 4.69) is 12.2 Å². The van der Waals surface area contributed by atoms with E-state index in [0.717, 1.165) is 30.5 Å². The molecule has 2 rings (SSSR count). The van der Waals surface area contributed by atoms with Crippen molar-refractivity contribution in [3.05, 3.63) is 0 Å². The minimum Gasteiger partial charge on any atom is -0.330 e. The SMILES string of the molecule is CC1CCC(NC2CCCC2CN)CC1. The van der Waals surface area contributed by atoms with Crippen molar-refractivity contribution in [2.45, 2.75) is 64.0 Å². The highest BCUT2D eigenvalue weighted by Crippen LogP contribution is 2.28. The quantitative estimate of drug-likeness (QED) is 0.750. The standard InChI is InChI=1S/C13H26N2/c1-10-5-7-12(8-6-10)15-13-4-2-3-11(13)9-14/h10-13,15H,2-9,14H2,1H3. The van der Waals surface area contributed by atoms with Gasteiger partial charge in [-0.1, -0.05) is 13.3 Å². The van der Waals surface area contributed by atoms with E-state index in [0.29, 0.717) is 0 Å². The first-order valence-corrected chi connectivity index (χ1v) is 6.75. The number of rotatable bonds is 3. The summed E-state index contributed by atoms with van der Waals surface area (Å²) in [7, 11) is 0. The van der Waals surface area contributed by atoms with Gasteiger partial charge < -0.3 is 11.1 Å². The monoisotopic (exact) mass is 210 g/mol. The van der Waals surface area contributed by atoms with Crippen LogP contribution in [0.1, 0.15) is 51.9 Å². The second-order valence-electron chi connectivity index (χ2n) is 5.66. The average molecular weight is 210 g/mol. The maximum atomic E-state index is 5.81. The molecule has 2 nitrogen and oxygen atoms in total. The molecule has 0 spiro atoms. The Morgan fingerprint density at radius 1 is 1.07 bits per heavy atom. The largest absolute Gasteiger partial charge is 0.330 e. The van der Waals surface area contributed by atoms with Gasteiger partial charge >= 0.3 is 0 Å². The number of hydrogen-bond acceptors (Lipinski definition) is 2. The maximum absolute atomic E-state index is 5.81. The second-order valence-corrected chi connectivity index (χ2v) is 5.66. The Balaban J connectivity index is 1.76. The summed E-state index contributed by atoms with van der Waals surface area (Å²) in [4.78, 5) is 0. The van der Waals surface area contributed by atoms with Gasteiger partial charge in [0.1, 0.15) is 0 Å². The van der Waals surface area contributed by atoms with Gasteiger partial charge in [-0.3, -0.25) is 0 Å². The van der Waals surface area contributed by atoms with Gasteiger partial charge in [-0.15, -0.1) is 0 Å². The molecule has 0 aromatic rings. The van der Waals surface area contributed by atoms with E-state index in [9.17, 15) is 0 Å². The molecule has 2 atom stereocenters. The fraction of sp³-hybridized carbons (Fsp3) is 1.00. The van der Waals surface area contributed by atoms with Crippen molar-refractivity contribution in [3.63, 3.8) is 0 Å². The molecule has 2 aliphatic carbocycles. The zero-order valence-electron chi connectivity index (χ0n) is 10.0. The number of nitrogens with one attached hydrogen (secondary N) is 1. The fourth-order valence-electron chi connectivity index (χ4n) is 3.27. The Hall–Kier alpha value is -0.0800. The van der Waals surface area contributed by atoms with Crippen LogP contribution in [0.3, 0.4) is 0 Å². The van der Waals surface area contributed by atoms with Crippen LogP contribution in [0, 0.1) is 11.8 Å². The van der Waals surface area contributed by atoms with Crippen LogP contribution in [0.15, 0.2) is 0 Å². The Morgan fingerprint density at radius 2 is 1.80 bits per heavy atom. The molecule has 0 aromatic carbocycles. The molecular formula is C13H26N2. The molecule has 2 heteroatoms. The van der Waals surface area contributed by atoms with Crippen molar-refractivity contribution in [1.82, 2.24) is 5.32 Å². The molecule has 2 unspecified atom stereocenters. The molecule has 0 heterocycles. The highest BCUT2D eigenvalue weighted by atomic mass is 15.0. The molecule has 0 radical (unpaired) electrons. The first-order valence-electron chi connectivity index (χ1n) is 6.75. The van der Waals surface area contributed by atoms with Crippen molar-refractivity contribution in [2.24, 2.45) is 17.6 Å². The van der Waals surface area contributed by atoms with Crippen LogP contribution in [-0.2, 0) is 0 Å². The van der Waals surface area contributed by atoms with Crippen LogP contribution < -0.4 is 11.1 Å². The zero-order chi connectivity index (χ0) is 10.7. The Kier molecular flexibility index (Phi) is 4.04. The molecule has 15 heavy (non-hydrogen) atoms. The molecule has 0 aliphatic heterocycles. The molecular weight excluding hydrogens is 184 g/mol. The van der Waals surface area contributed by atoms with Crippen molar-refractivity contribution in [1.29, 1.82) is 0 Å². The van der Waals surface area contributed by atoms with Crippen molar-refractivity contribution >= 4 is 0 Å². The lowest BCUT2D eigenvalue weighted by atomic mass is 9.86. The van der Waals surface area contributed by atoms with Gasteiger partial charge in [0.05, 0.1) is 0 Å². The average Bonchev–Trinajstić information content (AvgIpc) is 2.69. The summed E-state index contributed by atoms with van der Waals surface area (Å²) in [6.07, 6.45) is 9.67. The normalized spacial score (nSPS) is 42.0. The predicted molar refractivity (Wildman–Crippen MR) is 64.7 cm³/mol. The van der Waals surface area contributed by atoms with E-state index < -0.39 is 0 Å². The molecule has 2 saturated carbocycles. The second kappa shape index (κ2) is 5.31. The smallest absolute Gasteiger partial charge is 0.0110 e. The van der Waals surface area contributed by atoms with Crippen LogP contribution in [0.25, 0.3) is 0 Å². The van der Waals surface area contributed by atoms with Gasteiger partial charge in [0.15, 0.2) is 0 Å². The van der Waals surface area contributed by atoms with Gasteiger partial charge in [0.25, 0.3) is 0 Å². The minimum absolute atomic E-state index is 0.730. The van der Waals surface area contributed by atoms with E-state index in [-0.39, 0.29) is 0 Å². The van der Waals surface area contributed by atoms with E-state index >= 15 is 0 Å². The molecule has 2 aliphatic rings. The van der Waals surface area contributed by atoms with Crippen molar-refractivity contribution in [2.75, 3.05) is 6.54 Å². The molecule has 0 amide bonds. The lowest BCUT2D eigenvalue weighted by Gasteiger charge is -2.31. The fourth-order valence-corrected chi connectivity index (χ4v) is 3.27. The van der Waals surface area contributed by atoms with Crippen LogP contribution >= 0.6 is 0 Å². The van der Waals surface area contributed by atoms with Crippen LogP contribution in [0.5, 0.6) is 0 Å². The lowest BCUT2D eigenvalue weighted by Crippen LogP contribution is -2.43. The number of hydrogen-bond donors (Lipinski definition) is 2. The summed E-state index contributed by atoms with van der Waals surface area (Å²) < 4.78 is 0. The topological polar surface area (TPSA) is 38.0 Å². The van der Waals surface area contributed by atoms with Gasteiger partial charge in [0, 0.05) is 12.1 Å². The van der Waals surface area contributed by atoms with Crippen molar-refractivity contribution < 1.29 is 0 Å². The summed E-state index contributed by atoms with van der Waals surface area (Å²) in [6.45, 7) is 3.26. The number of nitrogens with two attached hydrogens (primary N) is 1. The maximum Gasteiger partial charge on any atom is 0.0110 e. The van der Waals surface area contributed by atoms with Gasteiger partial charge in [0.2, 0.25) is 0 Å². The molecule has 0 bridgehead atoms. The summed E-state index contributed by atoms with van der Waals surface area (Å²) in [5, 5.41) is 3.86. The third-order valence-corrected chi connectivity index (χ3v) is 4.43. The molecule has 0 aromatic heterocycles. The van der Waals surface area contributed by atoms with E-state index in [1.807, 2.05) is 0 Å². The minimum atomic E-state index is 0.730. The lowest BCUT2D eigenvalue weighted by molar-refractivity contribution is 0.267. The van der Waals surface area contributed by atoms with Crippen molar-refractivity contribution in [3.8, 4) is 0 Å². The van der Waals surface area contributed by atoms with Crippen LogP contribution in [0.2, 0.25) is 0 Å². The first kappa shape index (κ1) is 11.4. The van der Waals surface area contributed by atoms with Gasteiger partial charge in [-0.2, -0.15) is 0 Å². The third-order valence-electron chi connectivity index (χ3n) is 4.43. The predicted octanol–water partition coefficient (Wildman–Crippen LogP) is 2.28. The van der Waals surface area contributed by atoms with E-state index in [4.69, 9.17) is 5.73 Å². The molecule has 88 valence electrons. The molecule has 0 saturated heterocycles. The third kappa shape index (κ3) is 2.94. The summed E-state index contributed by atoms with van der Waals surface area (Å²) in [6, 6.07) is 1.52. The highest BCUT2D eigenvalue weighted by molar-refractivity contribution is 4.87. The summed E-state index contributed by atoms with van der Waals surface area (Å²) in [5.74, 6) is 1.71. The van der Waals surface area contributed by atoms with Gasteiger partial charge in [-0.25, -0.2) is 0 Å². The van der Waals surface area contributed by atoms with E-state index in [1.165, 1.54) is 44.9 Å². The Bertz CT molecular complexity index is 185. The summed E-state index contributed by atoms with van der Waals surface area (Å²) >= 11 is 0. The molecule has 3 N–H and O–H groups in total. The van der Waals surface area contributed by atoms with Gasteiger partial charge in [-0.05, 0) is 56.9 Å². The Labute approximate surface area is 94.0 Å². The van der Waals surface area contributed by atoms with Crippen LogP contribution in [0.4, 0.5) is 0 Å². The van der Waals surface area contributed by atoms with E-state index in [1.54, 1.807) is 0 Å². The summed E-state index contributed by atoms with van der Waals surface area (Å²) in [5.41, 5.74) is 5.81. The zero-order valence-corrected chi connectivity index (χ0v) is 10.0. The first-order chi connectivity index (χ1) is 7.29. The van der Waals surface area contributed by atoms with Crippen LogP contribution in [-0.4, -0.2) is 18.6 Å².